The van der Waals surface area contributed by atoms with Gasteiger partial charge in [-0.2, -0.15) is 0 Å². The summed E-state index contributed by atoms with van der Waals surface area (Å²) in [6, 6.07) is 32.9. The molecule has 5 rings (SSSR count). The minimum atomic E-state index is -0.653. The van der Waals surface area contributed by atoms with E-state index in [1.807, 2.05) is 117 Å². The lowest BCUT2D eigenvalue weighted by molar-refractivity contribution is -0.276. The molecule has 0 aromatic heterocycles. The van der Waals surface area contributed by atoms with Gasteiger partial charge >= 0.3 is 12.0 Å². The number of hydrogen-bond acceptors (Lipinski definition) is 8. The van der Waals surface area contributed by atoms with E-state index in [0.717, 1.165) is 38.9 Å². The van der Waals surface area contributed by atoms with Crippen LogP contribution in [0.4, 0.5) is 4.79 Å². The number of aliphatic hydroxyl groups excluding tert-OH is 2. The summed E-state index contributed by atoms with van der Waals surface area (Å²) in [5, 5.41) is 26.0. The smallest absolute Gasteiger partial charge is 0.325 e. The van der Waals surface area contributed by atoms with Crippen LogP contribution in [0.15, 0.2) is 103 Å². The Bertz CT molecular complexity index is 1700. The van der Waals surface area contributed by atoms with Crippen molar-refractivity contribution in [2.75, 3.05) is 26.7 Å². The fraction of sp³-hybridized carbons (Fsp3) is 0.366. The molecule has 10 heteroatoms. The Morgan fingerprint density at radius 2 is 1.57 bits per heavy atom. The molecule has 1 aliphatic heterocycles. The molecule has 0 saturated carbocycles. The summed E-state index contributed by atoms with van der Waals surface area (Å²) >= 11 is 0. The number of likely N-dealkylation sites (N-methyl/N-ethyl adjacent to an activating group) is 1. The van der Waals surface area contributed by atoms with Gasteiger partial charge in [0.25, 0.3) is 0 Å². The lowest BCUT2D eigenvalue weighted by Gasteiger charge is -2.43. The number of carbonyl (C=O) groups excluding carboxylic acids is 2. The van der Waals surface area contributed by atoms with Crippen LogP contribution in [0.1, 0.15) is 67.1 Å². The van der Waals surface area contributed by atoms with Crippen molar-refractivity contribution < 1.29 is 34.0 Å². The van der Waals surface area contributed by atoms with Crippen molar-refractivity contribution in [2.45, 2.75) is 64.6 Å². The summed E-state index contributed by atoms with van der Waals surface area (Å²) in [5.74, 6) is -0.493. The van der Waals surface area contributed by atoms with Gasteiger partial charge in [0.05, 0.1) is 31.5 Å². The molecule has 2 amide bonds. The van der Waals surface area contributed by atoms with Gasteiger partial charge in [-0.1, -0.05) is 104 Å². The zero-order valence-corrected chi connectivity index (χ0v) is 29.7. The van der Waals surface area contributed by atoms with Crippen molar-refractivity contribution in [1.82, 2.24) is 15.5 Å². The Morgan fingerprint density at radius 3 is 2.25 bits per heavy atom. The second-order valence-corrected chi connectivity index (χ2v) is 13.0. The van der Waals surface area contributed by atoms with Gasteiger partial charge in [-0.3, -0.25) is 9.69 Å². The molecule has 51 heavy (non-hydrogen) atoms. The number of amides is 2. The number of urea groups is 1. The van der Waals surface area contributed by atoms with E-state index in [4.69, 9.17) is 14.2 Å². The van der Waals surface area contributed by atoms with E-state index in [1.165, 1.54) is 0 Å². The lowest BCUT2D eigenvalue weighted by atomic mass is 9.89. The molecule has 0 radical (unpaired) electrons. The van der Waals surface area contributed by atoms with E-state index in [2.05, 4.69) is 22.5 Å². The average molecular weight is 696 g/mol. The first-order chi connectivity index (χ1) is 24.7. The number of nitrogens with zero attached hydrogens (tertiary/aromatic N) is 1. The van der Waals surface area contributed by atoms with Crippen LogP contribution in [0.25, 0.3) is 11.1 Å². The summed E-state index contributed by atoms with van der Waals surface area (Å²) in [5.41, 5.74) is 6.48. The number of hydrogen-bond donors (Lipinski definition) is 4. The summed E-state index contributed by atoms with van der Waals surface area (Å²) in [7, 11) is 2.01. The molecule has 0 spiro atoms. The maximum atomic E-state index is 12.2. The standard InChI is InChI=1S/C41H49N3O7/c1-5-49-37(46)24-43-41(48)42-23-30-10-9-13-35(22-30)31-18-20-34(21-19-31)40-50-36(25-44(4)28(3)38(47)32-11-7-6-8-12-32)27(2)39(51-40)33-16-14-29(26-45)15-17-33/h6-22,27-28,36,38-40,45,47H,5,23-26H2,1-4H3,(H2,42,43,48)/t27-,28+,36+,38+,39+,40+/m0/s1. The van der Waals surface area contributed by atoms with E-state index in [-0.39, 0.29) is 43.9 Å². The van der Waals surface area contributed by atoms with Gasteiger partial charge < -0.3 is 35.1 Å². The first-order valence-electron chi connectivity index (χ1n) is 17.5. The molecule has 6 atom stereocenters. The van der Waals surface area contributed by atoms with Gasteiger partial charge in [0, 0.05) is 30.6 Å². The molecular formula is C41H49N3O7. The number of carbonyl (C=O) groups is 2. The largest absolute Gasteiger partial charge is 0.465 e. The number of ether oxygens (including phenoxy) is 3. The molecule has 4 N–H and O–H groups in total. The Labute approximate surface area is 300 Å². The predicted octanol–water partition coefficient (Wildman–Crippen LogP) is 6.05. The number of esters is 1. The van der Waals surface area contributed by atoms with Crippen molar-refractivity contribution in [3.05, 3.63) is 131 Å². The topological polar surface area (TPSA) is 130 Å². The third-order valence-corrected chi connectivity index (χ3v) is 9.48. The number of nitrogens with one attached hydrogen (secondary N) is 2. The molecule has 0 bridgehead atoms. The first-order valence-corrected chi connectivity index (χ1v) is 17.5. The molecule has 4 aromatic rings. The number of aliphatic hydroxyl groups is 2. The Balaban J connectivity index is 1.30. The zero-order valence-electron chi connectivity index (χ0n) is 29.7. The highest BCUT2D eigenvalue weighted by atomic mass is 16.7. The van der Waals surface area contributed by atoms with Crippen molar-refractivity contribution in [3.63, 3.8) is 0 Å². The molecule has 4 aromatic carbocycles. The second-order valence-electron chi connectivity index (χ2n) is 13.0. The average Bonchev–Trinajstić information content (AvgIpc) is 3.17. The van der Waals surface area contributed by atoms with Gasteiger partial charge in [0.2, 0.25) is 0 Å². The van der Waals surface area contributed by atoms with Crippen LogP contribution in [0, 0.1) is 5.92 Å². The third kappa shape index (κ3) is 10.0. The van der Waals surface area contributed by atoms with E-state index < -0.39 is 24.4 Å². The fourth-order valence-corrected chi connectivity index (χ4v) is 6.25. The third-order valence-electron chi connectivity index (χ3n) is 9.48. The predicted molar refractivity (Wildman–Crippen MR) is 195 cm³/mol. The molecule has 1 heterocycles. The SMILES string of the molecule is CCOC(=O)CNC(=O)NCc1cccc(-c2ccc([C@@H]3O[C@H](CN(C)[C@H](C)[C@@H](O)c4ccccc4)[C@H](C)[C@H](c4ccc(CO)cc4)O3)cc2)c1. The van der Waals surface area contributed by atoms with E-state index in [0.29, 0.717) is 13.1 Å². The van der Waals surface area contributed by atoms with Crippen LogP contribution in [0.5, 0.6) is 0 Å². The van der Waals surface area contributed by atoms with E-state index in [1.54, 1.807) is 6.92 Å². The monoisotopic (exact) mass is 695 g/mol. The normalized spacial score (nSPS) is 20.0. The Hall–Kier alpha value is -4.58. The van der Waals surface area contributed by atoms with Gasteiger partial charge in [-0.15, -0.1) is 0 Å². The zero-order chi connectivity index (χ0) is 36.3. The quantitative estimate of drug-likeness (QED) is 0.117. The molecule has 0 aliphatic carbocycles. The summed E-state index contributed by atoms with van der Waals surface area (Å²) in [6.45, 7) is 6.78. The van der Waals surface area contributed by atoms with Crippen molar-refractivity contribution in [1.29, 1.82) is 0 Å². The highest BCUT2D eigenvalue weighted by molar-refractivity contribution is 5.80. The van der Waals surface area contributed by atoms with E-state index in [9.17, 15) is 19.8 Å². The lowest BCUT2D eigenvalue weighted by Crippen LogP contribution is -2.46. The Kier molecular flexibility index (Phi) is 13.3. The molecule has 0 unspecified atom stereocenters. The molecule has 10 nitrogen and oxygen atoms in total. The minimum Gasteiger partial charge on any atom is -0.465 e. The van der Waals surface area contributed by atoms with E-state index >= 15 is 0 Å². The minimum absolute atomic E-state index is 0.00684. The van der Waals surface area contributed by atoms with Gasteiger partial charge in [0.15, 0.2) is 6.29 Å². The van der Waals surface area contributed by atoms with Crippen LogP contribution in [-0.2, 0) is 32.2 Å². The van der Waals surface area contributed by atoms with Crippen LogP contribution < -0.4 is 10.6 Å². The number of rotatable bonds is 14. The van der Waals surface area contributed by atoms with Gasteiger partial charge in [-0.25, -0.2) is 4.79 Å². The Morgan fingerprint density at radius 1 is 0.863 bits per heavy atom. The fourth-order valence-electron chi connectivity index (χ4n) is 6.25. The van der Waals surface area contributed by atoms with Crippen LogP contribution in [-0.4, -0.2) is 66.0 Å². The van der Waals surface area contributed by atoms with Crippen molar-refractivity contribution >= 4 is 12.0 Å². The van der Waals surface area contributed by atoms with Crippen molar-refractivity contribution in [3.8, 4) is 11.1 Å². The molecule has 1 aliphatic rings. The summed E-state index contributed by atoms with van der Waals surface area (Å²) < 4.78 is 18.2. The van der Waals surface area contributed by atoms with Crippen molar-refractivity contribution in [2.24, 2.45) is 5.92 Å². The van der Waals surface area contributed by atoms with Crippen LogP contribution >= 0.6 is 0 Å². The molecule has 270 valence electrons. The molecule has 1 saturated heterocycles. The highest BCUT2D eigenvalue weighted by Gasteiger charge is 2.39. The number of benzene rings is 4. The summed E-state index contributed by atoms with van der Waals surface area (Å²) in [4.78, 5) is 25.8. The van der Waals surface area contributed by atoms with Crippen LogP contribution in [0.2, 0.25) is 0 Å². The maximum absolute atomic E-state index is 12.2. The summed E-state index contributed by atoms with van der Waals surface area (Å²) in [6.07, 6.45) is -1.75. The van der Waals surface area contributed by atoms with Crippen LogP contribution in [0.3, 0.4) is 0 Å². The highest BCUT2D eigenvalue weighted by Crippen LogP contribution is 2.42. The molecule has 1 fully saturated rings. The molecular weight excluding hydrogens is 646 g/mol. The second kappa shape index (κ2) is 18.1. The van der Waals surface area contributed by atoms with Gasteiger partial charge in [0.1, 0.15) is 6.54 Å². The van der Waals surface area contributed by atoms with Gasteiger partial charge in [-0.05, 0) is 60.3 Å². The maximum Gasteiger partial charge on any atom is 0.325 e. The first kappa shape index (κ1) is 37.7.